The number of aromatic nitrogens is 1. The summed E-state index contributed by atoms with van der Waals surface area (Å²) in [5, 5.41) is 2.78. The first-order valence-corrected chi connectivity index (χ1v) is 5.99. The molecule has 5 nitrogen and oxygen atoms in total. The van der Waals surface area contributed by atoms with Gasteiger partial charge in [0.1, 0.15) is 5.54 Å². The van der Waals surface area contributed by atoms with Crippen molar-refractivity contribution in [1.82, 2.24) is 15.2 Å². The van der Waals surface area contributed by atoms with Gasteiger partial charge in [-0.15, -0.1) is 0 Å². The van der Waals surface area contributed by atoms with Gasteiger partial charge in [-0.2, -0.15) is 0 Å². The highest BCUT2D eigenvalue weighted by Crippen LogP contribution is 2.18. The van der Waals surface area contributed by atoms with E-state index in [1.54, 1.807) is 37.2 Å². The molecule has 5 heteroatoms. The average molecular weight is 247 g/mol. The summed E-state index contributed by atoms with van der Waals surface area (Å²) in [6, 6.07) is 3.67. The minimum Gasteiger partial charge on any atom is -0.352 e. The van der Waals surface area contributed by atoms with Gasteiger partial charge in [0.05, 0.1) is 6.42 Å². The fourth-order valence-corrected chi connectivity index (χ4v) is 2.11. The third-order valence-electron chi connectivity index (χ3n) is 3.23. The van der Waals surface area contributed by atoms with Crippen LogP contribution in [0.2, 0.25) is 0 Å². The minimum absolute atomic E-state index is 0.0390. The van der Waals surface area contributed by atoms with Crippen molar-refractivity contribution in [2.24, 2.45) is 0 Å². The summed E-state index contributed by atoms with van der Waals surface area (Å²) >= 11 is 0. The van der Waals surface area contributed by atoms with Crippen molar-refractivity contribution >= 4 is 11.8 Å². The zero-order valence-electron chi connectivity index (χ0n) is 10.6. The number of hydrogen-bond donors (Lipinski definition) is 1. The molecule has 0 spiro atoms. The van der Waals surface area contributed by atoms with Gasteiger partial charge in [0.15, 0.2) is 0 Å². The summed E-state index contributed by atoms with van der Waals surface area (Å²) in [7, 11) is 0. The standard InChI is InChI=1S/C13H17N3O2/c1-13(2)12(18)15-6-7-16(13)11(17)8-10-4-3-5-14-9-10/h3-5,9H,6-8H2,1-2H3,(H,15,18). The van der Waals surface area contributed by atoms with Crippen molar-refractivity contribution in [1.29, 1.82) is 0 Å². The molecule has 2 amide bonds. The molecule has 0 aromatic carbocycles. The maximum Gasteiger partial charge on any atom is 0.245 e. The van der Waals surface area contributed by atoms with Crippen molar-refractivity contribution in [2.75, 3.05) is 13.1 Å². The number of amides is 2. The predicted octanol–water partition coefficient (Wildman–Crippen LogP) is 0.361. The molecule has 96 valence electrons. The maximum absolute atomic E-state index is 12.2. The Labute approximate surface area is 106 Å². The number of carbonyl (C=O) groups excluding carboxylic acids is 2. The SMILES string of the molecule is CC1(C)C(=O)NCCN1C(=O)Cc1cccnc1. The smallest absolute Gasteiger partial charge is 0.245 e. The normalized spacial score (nSPS) is 18.3. The summed E-state index contributed by atoms with van der Waals surface area (Å²) < 4.78 is 0. The molecule has 2 heterocycles. The zero-order chi connectivity index (χ0) is 13.2. The van der Waals surface area contributed by atoms with Crippen molar-refractivity contribution in [3.05, 3.63) is 30.1 Å². The monoisotopic (exact) mass is 247 g/mol. The molecule has 0 saturated carbocycles. The number of carbonyl (C=O) groups is 2. The Morgan fingerprint density at radius 3 is 3.00 bits per heavy atom. The Balaban J connectivity index is 2.11. The molecule has 1 fully saturated rings. The molecule has 1 aromatic heterocycles. The number of pyridine rings is 1. The van der Waals surface area contributed by atoms with Crippen LogP contribution in [0.1, 0.15) is 19.4 Å². The van der Waals surface area contributed by atoms with Crippen LogP contribution in [0.25, 0.3) is 0 Å². The largest absolute Gasteiger partial charge is 0.352 e. The number of nitrogens with one attached hydrogen (secondary N) is 1. The van der Waals surface area contributed by atoms with Crippen molar-refractivity contribution in [3.63, 3.8) is 0 Å². The topological polar surface area (TPSA) is 62.3 Å². The molecule has 0 aliphatic carbocycles. The van der Waals surface area contributed by atoms with Gasteiger partial charge in [-0.25, -0.2) is 0 Å². The fraction of sp³-hybridized carbons (Fsp3) is 0.462. The first kappa shape index (κ1) is 12.5. The molecule has 1 aliphatic heterocycles. The summed E-state index contributed by atoms with van der Waals surface area (Å²) in [5.74, 6) is -0.142. The van der Waals surface area contributed by atoms with Crippen molar-refractivity contribution < 1.29 is 9.59 Å². The van der Waals surface area contributed by atoms with E-state index >= 15 is 0 Å². The Hall–Kier alpha value is -1.91. The highest BCUT2D eigenvalue weighted by Gasteiger charge is 2.40. The van der Waals surface area contributed by atoms with E-state index in [1.807, 2.05) is 6.07 Å². The lowest BCUT2D eigenvalue weighted by molar-refractivity contribution is -0.148. The van der Waals surface area contributed by atoms with Crippen molar-refractivity contribution in [3.8, 4) is 0 Å². The van der Waals surface area contributed by atoms with Crippen LogP contribution in [0.4, 0.5) is 0 Å². The van der Waals surface area contributed by atoms with Crippen LogP contribution in [0.5, 0.6) is 0 Å². The van der Waals surface area contributed by atoms with Gasteiger partial charge in [0, 0.05) is 25.5 Å². The molecule has 0 atom stereocenters. The Kier molecular flexibility index (Phi) is 3.32. The summed E-state index contributed by atoms with van der Waals surface area (Å²) in [4.78, 5) is 29.6. The van der Waals surface area contributed by atoms with Crippen LogP contribution < -0.4 is 5.32 Å². The van der Waals surface area contributed by atoms with Gasteiger partial charge in [0.2, 0.25) is 11.8 Å². The molecule has 0 radical (unpaired) electrons. The summed E-state index contributed by atoms with van der Waals surface area (Å²) in [6.45, 7) is 4.60. The van der Waals surface area contributed by atoms with Crippen LogP contribution in [-0.4, -0.2) is 40.3 Å². The number of rotatable bonds is 2. The Bertz CT molecular complexity index is 457. The van der Waals surface area contributed by atoms with E-state index < -0.39 is 5.54 Å². The third-order valence-corrected chi connectivity index (χ3v) is 3.23. The van der Waals surface area contributed by atoms with Crippen LogP contribution in [0.15, 0.2) is 24.5 Å². The highest BCUT2D eigenvalue weighted by atomic mass is 16.2. The van der Waals surface area contributed by atoms with E-state index in [1.165, 1.54) is 0 Å². The van der Waals surface area contributed by atoms with Crippen LogP contribution in [0, 0.1) is 0 Å². The molecular weight excluding hydrogens is 230 g/mol. The molecule has 1 saturated heterocycles. The molecule has 2 rings (SSSR count). The first-order chi connectivity index (χ1) is 8.51. The molecule has 1 aliphatic rings. The lowest BCUT2D eigenvalue weighted by Crippen LogP contribution is -2.63. The van der Waals surface area contributed by atoms with E-state index in [2.05, 4.69) is 10.3 Å². The fourth-order valence-electron chi connectivity index (χ4n) is 2.11. The van der Waals surface area contributed by atoms with E-state index in [-0.39, 0.29) is 18.2 Å². The van der Waals surface area contributed by atoms with Gasteiger partial charge in [-0.1, -0.05) is 6.07 Å². The highest BCUT2D eigenvalue weighted by molar-refractivity contribution is 5.92. The van der Waals surface area contributed by atoms with Crippen molar-refractivity contribution in [2.45, 2.75) is 25.8 Å². The molecule has 1 aromatic rings. The number of hydrogen-bond acceptors (Lipinski definition) is 3. The molecule has 1 N–H and O–H groups in total. The van der Waals surface area contributed by atoms with Gasteiger partial charge in [-0.3, -0.25) is 14.6 Å². The lowest BCUT2D eigenvalue weighted by atomic mass is 9.98. The van der Waals surface area contributed by atoms with E-state index in [9.17, 15) is 9.59 Å². The number of nitrogens with zero attached hydrogens (tertiary/aromatic N) is 2. The van der Waals surface area contributed by atoms with Gasteiger partial charge in [-0.05, 0) is 25.5 Å². The third kappa shape index (κ3) is 2.34. The second-order valence-corrected chi connectivity index (χ2v) is 4.90. The predicted molar refractivity (Wildman–Crippen MR) is 66.7 cm³/mol. The zero-order valence-corrected chi connectivity index (χ0v) is 10.6. The van der Waals surface area contributed by atoms with Gasteiger partial charge < -0.3 is 10.2 Å². The summed E-state index contributed by atoms with van der Waals surface area (Å²) in [5.41, 5.74) is 0.0849. The quantitative estimate of drug-likeness (QED) is 0.821. The Morgan fingerprint density at radius 1 is 1.56 bits per heavy atom. The molecule has 0 bridgehead atoms. The average Bonchev–Trinajstić information content (AvgIpc) is 2.33. The molecular formula is C13H17N3O2. The van der Waals surface area contributed by atoms with Crippen LogP contribution in [-0.2, 0) is 16.0 Å². The maximum atomic E-state index is 12.2. The van der Waals surface area contributed by atoms with E-state index in [0.717, 1.165) is 5.56 Å². The summed E-state index contributed by atoms with van der Waals surface area (Å²) in [6.07, 6.45) is 3.63. The number of piperazine rings is 1. The van der Waals surface area contributed by atoms with Gasteiger partial charge in [0.25, 0.3) is 0 Å². The minimum atomic E-state index is -0.780. The van der Waals surface area contributed by atoms with Gasteiger partial charge >= 0.3 is 0 Å². The lowest BCUT2D eigenvalue weighted by Gasteiger charge is -2.41. The second-order valence-electron chi connectivity index (χ2n) is 4.90. The van der Waals surface area contributed by atoms with Crippen LogP contribution >= 0.6 is 0 Å². The first-order valence-electron chi connectivity index (χ1n) is 5.99. The van der Waals surface area contributed by atoms with E-state index in [4.69, 9.17) is 0 Å². The Morgan fingerprint density at radius 2 is 2.33 bits per heavy atom. The molecule has 0 unspecified atom stereocenters. The van der Waals surface area contributed by atoms with Crippen LogP contribution in [0.3, 0.4) is 0 Å². The molecule has 18 heavy (non-hydrogen) atoms. The second kappa shape index (κ2) is 4.76. The van der Waals surface area contributed by atoms with E-state index in [0.29, 0.717) is 13.1 Å².